The van der Waals surface area contributed by atoms with Crippen molar-refractivity contribution in [3.05, 3.63) is 35.5 Å². The zero-order chi connectivity index (χ0) is 12.1. The maximum Gasteiger partial charge on any atom is 0.0471 e. The molecule has 2 heterocycles. The summed E-state index contributed by atoms with van der Waals surface area (Å²) in [5.74, 6) is 0.963. The Morgan fingerprint density at radius 3 is 3.17 bits per heavy atom. The molecule has 0 bridgehead atoms. The lowest BCUT2D eigenvalue weighted by Gasteiger charge is -2.39. The highest BCUT2D eigenvalue weighted by atomic mass is 16.3. The van der Waals surface area contributed by atoms with Crippen molar-refractivity contribution in [1.82, 2.24) is 10.3 Å². The molecule has 94 valence electrons. The van der Waals surface area contributed by atoms with Gasteiger partial charge >= 0.3 is 0 Å². The van der Waals surface area contributed by atoms with E-state index >= 15 is 0 Å². The fourth-order valence-electron chi connectivity index (χ4n) is 3.76. The quantitative estimate of drug-likeness (QED) is 0.714. The second-order valence-corrected chi connectivity index (χ2v) is 5.69. The van der Waals surface area contributed by atoms with E-state index in [1.807, 2.05) is 0 Å². The van der Waals surface area contributed by atoms with Crippen molar-refractivity contribution in [3.63, 3.8) is 0 Å². The minimum atomic E-state index is 0.298. The summed E-state index contributed by atoms with van der Waals surface area (Å²) in [5.41, 5.74) is 4.16. The number of aliphatic hydroxyl groups excluding tert-OH is 1. The molecule has 3 nitrogen and oxygen atoms in total. The zero-order valence-corrected chi connectivity index (χ0v) is 10.3. The van der Waals surface area contributed by atoms with E-state index in [2.05, 4.69) is 34.7 Å². The molecule has 1 aromatic heterocycles. The first kappa shape index (κ1) is 10.6. The smallest absolute Gasteiger partial charge is 0.0471 e. The molecule has 1 aliphatic carbocycles. The molecule has 18 heavy (non-hydrogen) atoms. The van der Waals surface area contributed by atoms with Gasteiger partial charge < -0.3 is 15.4 Å². The monoisotopic (exact) mass is 242 g/mol. The molecule has 1 saturated heterocycles. The number of nitrogens with one attached hydrogen (secondary N) is 2. The number of aromatic amines is 1. The first-order valence-electron chi connectivity index (χ1n) is 6.80. The molecule has 3 heteroatoms. The van der Waals surface area contributed by atoms with E-state index < -0.39 is 0 Å². The van der Waals surface area contributed by atoms with E-state index in [4.69, 9.17) is 0 Å². The molecule has 2 aliphatic rings. The average molecular weight is 242 g/mol. The van der Waals surface area contributed by atoms with Crippen molar-refractivity contribution >= 4 is 10.9 Å². The van der Waals surface area contributed by atoms with Crippen LogP contribution in [-0.2, 0) is 6.42 Å². The maximum absolute atomic E-state index is 9.38. The molecule has 3 atom stereocenters. The van der Waals surface area contributed by atoms with E-state index in [1.54, 1.807) is 0 Å². The van der Waals surface area contributed by atoms with Gasteiger partial charge in [-0.2, -0.15) is 0 Å². The molecule has 4 rings (SSSR count). The van der Waals surface area contributed by atoms with Crippen LogP contribution in [0.15, 0.2) is 24.4 Å². The lowest BCUT2D eigenvalue weighted by atomic mass is 9.73. The van der Waals surface area contributed by atoms with Crippen LogP contribution in [-0.4, -0.2) is 29.3 Å². The van der Waals surface area contributed by atoms with Crippen LogP contribution in [0.4, 0.5) is 0 Å². The number of benzene rings is 1. The van der Waals surface area contributed by atoms with Crippen LogP contribution in [0.3, 0.4) is 0 Å². The topological polar surface area (TPSA) is 48.0 Å². The minimum Gasteiger partial charge on any atom is -0.396 e. The van der Waals surface area contributed by atoms with E-state index in [0.29, 0.717) is 24.5 Å². The summed E-state index contributed by atoms with van der Waals surface area (Å²) in [6.45, 7) is 1.25. The van der Waals surface area contributed by atoms with Gasteiger partial charge in [0.05, 0.1) is 0 Å². The molecular formula is C15H18N2O. The molecule has 0 spiro atoms. The number of piperidine rings is 1. The second kappa shape index (κ2) is 3.84. The molecule has 0 radical (unpaired) electrons. The SMILES string of the molecule is OC[C@H]1CN[C@@H]2Cc3c[nH]c4cccc(c34)C2C1. The van der Waals surface area contributed by atoms with E-state index in [1.165, 1.54) is 22.0 Å². The van der Waals surface area contributed by atoms with Gasteiger partial charge in [-0.3, -0.25) is 0 Å². The Balaban J connectivity index is 1.85. The molecule has 0 amide bonds. The number of fused-ring (bicyclic) bond motifs is 2. The van der Waals surface area contributed by atoms with Crippen LogP contribution in [0.25, 0.3) is 10.9 Å². The first-order chi connectivity index (χ1) is 8.86. The Kier molecular flexibility index (Phi) is 2.26. The fraction of sp³-hybridized carbons (Fsp3) is 0.467. The second-order valence-electron chi connectivity index (χ2n) is 5.69. The maximum atomic E-state index is 9.38. The number of H-pyrrole nitrogens is 1. The summed E-state index contributed by atoms with van der Waals surface area (Å²) in [4.78, 5) is 3.38. The van der Waals surface area contributed by atoms with Gasteiger partial charge in [-0.25, -0.2) is 0 Å². The van der Waals surface area contributed by atoms with Gasteiger partial charge in [-0.1, -0.05) is 12.1 Å². The molecule has 1 aromatic carbocycles. The number of aliphatic hydroxyl groups is 1. The Bertz CT molecular complexity index is 589. The van der Waals surface area contributed by atoms with Crippen molar-refractivity contribution in [1.29, 1.82) is 0 Å². The van der Waals surface area contributed by atoms with Gasteiger partial charge in [0.2, 0.25) is 0 Å². The van der Waals surface area contributed by atoms with Crippen molar-refractivity contribution in [3.8, 4) is 0 Å². The van der Waals surface area contributed by atoms with Crippen LogP contribution in [0.1, 0.15) is 23.5 Å². The summed E-state index contributed by atoms with van der Waals surface area (Å²) in [6, 6.07) is 7.10. The van der Waals surface area contributed by atoms with Crippen LogP contribution in [0.2, 0.25) is 0 Å². The number of hydrogen-bond acceptors (Lipinski definition) is 2. The summed E-state index contributed by atoms with van der Waals surface area (Å²) in [5, 5.41) is 14.4. The van der Waals surface area contributed by atoms with Gasteiger partial charge in [-0.05, 0) is 36.0 Å². The lowest BCUT2D eigenvalue weighted by Crippen LogP contribution is -2.47. The normalized spacial score (nSPS) is 30.4. The zero-order valence-electron chi connectivity index (χ0n) is 10.3. The molecular weight excluding hydrogens is 224 g/mol. The number of aromatic nitrogens is 1. The molecule has 1 unspecified atom stereocenters. The number of hydrogen-bond donors (Lipinski definition) is 3. The third-order valence-corrected chi connectivity index (χ3v) is 4.66. The van der Waals surface area contributed by atoms with Gasteiger partial charge in [0.25, 0.3) is 0 Å². The molecule has 1 aliphatic heterocycles. The summed E-state index contributed by atoms with van der Waals surface area (Å²) in [7, 11) is 0. The van der Waals surface area contributed by atoms with Crippen molar-refractivity contribution in [2.45, 2.75) is 24.8 Å². The van der Waals surface area contributed by atoms with E-state index in [0.717, 1.165) is 19.4 Å². The molecule has 2 aromatic rings. The largest absolute Gasteiger partial charge is 0.396 e. The highest BCUT2D eigenvalue weighted by Gasteiger charge is 2.35. The van der Waals surface area contributed by atoms with Gasteiger partial charge in [0.15, 0.2) is 0 Å². The molecule has 0 saturated carbocycles. The summed E-state index contributed by atoms with van der Waals surface area (Å²) < 4.78 is 0. The third-order valence-electron chi connectivity index (χ3n) is 4.66. The summed E-state index contributed by atoms with van der Waals surface area (Å²) >= 11 is 0. The van der Waals surface area contributed by atoms with E-state index in [9.17, 15) is 5.11 Å². The highest BCUT2D eigenvalue weighted by Crippen LogP contribution is 2.41. The fourth-order valence-corrected chi connectivity index (χ4v) is 3.76. The van der Waals surface area contributed by atoms with Gasteiger partial charge in [0, 0.05) is 42.2 Å². The minimum absolute atomic E-state index is 0.298. The Hall–Kier alpha value is -1.32. The summed E-state index contributed by atoms with van der Waals surface area (Å²) in [6.07, 6.45) is 4.38. The van der Waals surface area contributed by atoms with Crippen LogP contribution >= 0.6 is 0 Å². The van der Waals surface area contributed by atoms with Crippen LogP contribution in [0, 0.1) is 5.92 Å². The molecule has 1 fully saturated rings. The van der Waals surface area contributed by atoms with Crippen molar-refractivity contribution in [2.75, 3.05) is 13.2 Å². The van der Waals surface area contributed by atoms with Crippen molar-refractivity contribution < 1.29 is 5.11 Å². The third kappa shape index (κ3) is 1.38. The average Bonchev–Trinajstić information content (AvgIpc) is 2.83. The van der Waals surface area contributed by atoms with Crippen LogP contribution < -0.4 is 5.32 Å². The molecule has 3 N–H and O–H groups in total. The van der Waals surface area contributed by atoms with Gasteiger partial charge in [-0.15, -0.1) is 0 Å². The number of rotatable bonds is 1. The Morgan fingerprint density at radius 1 is 1.33 bits per heavy atom. The predicted octanol–water partition coefficient (Wildman–Crippen LogP) is 1.78. The lowest BCUT2D eigenvalue weighted by molar-refractivity contribution is 0.168. The predicted molar refractivity (Wildman–Crippen MR) is 71.7 cm³/mol. The van der Waals surface area contributed by atoms with Gasteiger partial charge in [0.1, 0.15) is 0 Å². The highest BCUT2D eigenvalue weighted by molar-refractivity contribution is 5.88. The Morgan fingerprint density at radius 2 is 2.28 bits per heavy atom. The van der Waals surface area contributed by atoms with E-state index in [-0.39, 0.29) is 0 Å². The van der Waals surface area contributed by atoms with Crippen molar-refractivity contribution in [2.24, 2.45) is 5.92 Å². The first-order valence-corrected chi connectivity index (χ1v) is 6.80. The van der Waals surface area contributed by atoms with Crippen LogP contribution in [0.5, 0.6) is 0 Å². The Labute approximate surface area is 106 Å². The standard InChI is InChI=1S/C15H18N2O/c18-8-9-4-12-11-2-1-3-13-15(11)10(7-17-13)5-14(12)16-6-9/h1-3,7,9,12,14,16-18H,4-6,8H2/t9-,12?,14-/m1/s1.